The Kier molecular flexibility index (Phi) is 54.3. The molecule has 0 aliphatic carbocycles. The van der Waals surface area contributed by atoms with Crippen LogP contribution in [0.15, 0.2) is 0 Å². The molecule has 82 heavy (non-hydrogen) atoms. The standard InChI is InChI=1S/C63H122O17P2/c1-7-9-11-13-14-28-35-41-47-62(67)79-58(51-73-60(65)45-39-31-12-10-8-2)53-77-81(69,70)75-49-57(64)50-76-82(71,72)78-54-59(52-74-61(66)46-40-34-29-24-21-17-19-23-27-33-38-44-56(5)6)80-63(68)48-42-36-30-25-20-16-15-18-22-26-32-37-43-55(3)4/h55-59,64H,7-54H2,1-6H3,(H,69,70)(H,71,72)/t57-,58+,59+/m0/s1. The number of esters is 4. The fourth-order valence-electron chi connectivity index (χ4n) is 9.35. The Morgan fingerprint density at radius 1 is 0.329 bits per heavy atom. The Morgan fingerprint density at radius 2 is 0.561 bits per heavy atom. The summed E-state index contributed by atoms with van der Waals surface area (Å²) in [5.41, 5.74) is 0. The van der Waals surface area contributed by atoms with Gasteiger partial charge in [0.1, 0.15) is 19.3 Å². The van der Waals surface area contributed by atoms with Gasteiger partial charge in [0.25, 0.3) is 0 Å². The Hall–Kier alpha value is -1.94. The first-order valence-corrected chi connectivity index (χ1v) is 36.0. The van der Waals surface area contributed by atoms with E-state index in [4.69, 9.17) is 37.0 Å². The van der Waals surface area contributed by atoms with Crippen LogP contribution in [0.5, 0.6) is 0 Å². The van der Waals surface area contributed by atoms with Crippen LogP contribution >= 0.6 is 15.6 Å². The Balaban J connectivity index is 5.16. The van der Waals surface area contributed by atoms with E-state index in [0.29, 0.717) is 25.7 Å². The quantitative estimate of drug-likeness (QED) is 0.0222. The van der Waals surface area contributed by atoms with E-state index in [1.165, 1.54) is 116 Å². The van der Waals surface area contributed by atoms with Crippen molar-refractivity contribution < 1.29 is 80.2 Å². The van der Waals surface area contributed by atoms with Crippen molar-refractivity contribution >= 4 is 39.5 Å². The van der Waals surface area contributed by atoms with Gasteiger partial charge in [0, 0.05) is 25.7 Å². The summed E-state index contributed by atoms with van der Waals surface area (Å²) < 4.78 is 67.7. The van der Waals surface area contributed by atoms with E-state index < -0.39 is 97.5 Å². The molecule has 0 aromatic rings. The highest BCUT2D eigenvalue weighted by atomic mass is 31.2. The van der Waals surface area contributed by atoms with Crippen molar-refractivity contribution in [2.45, 2.75) is 330 Å². The van der Waals surface area contributed by atoms with Gasteiger partial charge >= 0.3 is 39.5 Å². The number of hydrogen-bond donors (Lipinski definition) is 3. The molecule has 0 aliphatic rings. The van der Waals surface area contributed by atoms with Crippen LogP contribution in [-0.2, 0) is 65.4 Å². The highest BCUT2D eigenvalue weighted by Gasteiger charge is 2.30. The van der Waals surface area contributed by atoms with Crippen molar-refractivity contribution in [3.63, 3.8) is 0 Å². The summed E-state index contributed by atoms with van der Waals surface area (Å²) in [6.45, 7) is 9.39. The van der Waals surface area contributed by atoms with Crippen LogP contribution < -0.4 is 0 Å². The van der Waals surface area contributed by atoms with Gasteiger partial charge in [-0.1, -0.05) is 260 Å². The molecule has 5 atom stereocenters. The Morgan fingerprint density at radius 3 is 0.829 bits per heavy atom. The lowest BCUT2D eigenvalue weighted by Gasteiger charge is -2.21. The number of carbonyl (C=O) groups excluding carboxylic acids is 4. The Labute approximate surface area is 498 Å². The second-order valence-corrected chi connectivity index (χ2v) is 26.7. The Bertz CT molecular complexity index is 1620. The summed E-state index contributed by atoms with van der Waals surface area (Å²) in [4.78, 5) is 71.9. The molecule has 486 valence electrons. The lowest BCUT2D eigenvalue weighted by atomic mass is 10.0. The second-order valence-electron chi connectivity index (χ2n) is 23.7. The molecule has 0 aliphatic heterocycles. The van der Waals surface area contributed by atoms with Gasteiger partial charge in [0.15, 0.2) is 12.2 Å². The zero-order valence-electron chi connectivity index (χ0n) is 52.8. The third-order valence-corrected chi connectivity index (χ3v) is 16.4. The third kappa shape index (κ3) is 57.2. The molecular formula is C63H122O17P2. The van der Waals surface area contributed by atoms with Gasteiger partial charge in [-0.25, -0.2) is 9.13 Å². The molecule has 0 radical (unpaired) electrons. The number of hydrogen-bond acceptors (Lipinski definition) is 15. The molecule has 0 fully saturated rings. The average Bonchev–Trinajstić information content (AvgIpc) is 3.44. The van der Waals surface area contributed by atoms with Crippen molar-refractivity contribution in [1.82, 2.24) is 0 Å². The fourth-order valence-corrected chi connectivity index (χ4v) is 10.9. The molecule has 19 heteroatoms. The SMILES string of the molecule is CCCCCCCCCCC(=O)O[C@H](COC(=O)CCCCCCC)COP(=O)(O)OC[C@H](O)COP(=O)(O)OC[C@@H](COC(=O)CCCCCCCCCCCCCC(C)C)OC(=O)CCCCCCCCCCCCCCC(C)C. The third-order valence-electron chi connectivity index (χ3n) is 14.5. The summed E-state index contributed by atoms with van der Waals surface area (Å²) in [5.74, 6) is -0.600. The summed E-state index contributed by atoms with van der Waals surface area (Å²) in [7, 11) is -9.87. The molecular weight excluding hydrogens is 1090 g/mol. The van der Waals surface area contributed by atoms with Gasteiger partial charge in [0.05, 0.1) is 26.4 Å². The maximum atomic E-state index is 13.0. The number of phosphoric acid groups is 2. The summed E-state index contributed by atoms with van der Waals surface area (Å²) >= 11 is 0. The lowest BCUT2D eigenvalue weighted by Crippen LogP contribution is -2.30. The predicted molar refractivity (Wildman–Crippen MR) is 326 cm³/mol. The minimum absolute atomic E-state index is 0.104. The normalized spacial score (nSPS) is 14.3. The molecule has 0 amide bonds. The van der Waals surface area contributed by atoms with Gasteiger partial charge < -0.3 is 33.8 Å². The largest absolute Gasteiger partial charge is 0.472 e. The number of carbonyl (C=O) groups is 4. The van der Waals surface area contributed by atoms with Crippen LogP contribution in [0.25, 0.3) is 0 Å². The fraction of sp³-hybridized carbons (Fsp3) is 0.937. The average molecular weight is 1210 g/mol. The first kappa shape index (κ1) is 80.1. The van der Waals surface area contributed by atoms with Crippen LogP contribution in [-0.4, -0.2) is 96.7 Å². The van der Waals surface area contributed by atoms with E-state index in [-0.39, 0.29) is 25.7 Å². The minimum atomic E-state index is -4.94. The highest BCUT2D eigenvalue weighted by Crippen LogP contribution is 2.45. The molecule has 0 aromatic heterocycles. The smallest absolute Gasteiger partial charge is 0.462 e. The van der Waals surface area contributed by atoms with Crippen LogP contribution in [0, 0.1) is 11.8 Å². The van der Waals surface area contributed by atoms with Crippen molar-refractivity contribution in [1.29, 1.82) is 0 Å². The van der Waals surface area contributed by atoms with Crippen LogP contribution in [0.3, 0.4) is 0 Å². The number of phosphoric ester groups is 2. The summed E-state index contributed by atoms with van der Waals surface area (Å²) in [6, 6.07) is 0. The van der Waals surface area contributed by atoms with E-state index >= 15 is 0 Å². The maximum absolute atomic E-state index is 13.0. The first-order chi connectivity index (χ1) is 39.4. The molecule has 0 saturated heterocycles. The zero-order valence-corrected chi connectivity index (χ0v) is 54.6. The number of ether oxygens (including phenoxy) is 4. The van der Waals surface area contributed by atoms with E-state index in [9.17, 15) is 43.2 Å². The molecule has 3 N–H and O–H groups in total. The molecule has 2 unspecified atom stereocenters. The van der Waals surface area contributed by atoms with Gasteiger partial charge in [-0.2, -0.15) is 0 Å². The van der Waals surface area contributed by atoms with Crippen LogP contribution in [0.4, 0.5) is 0 Å². The van der Waals surface area contributed by atoms with Crippen molar-refractivity contribution in [3.8, 4) is 0 Å². The van der Waals surface area contributed by atoms with Gasteiger partial charge in [-0.05, 0) is 37.5 Å². The molecule has 0 spiro atoms. The molecule has 0 saturated carbocycles. The monoisotopic (exact) mass is 1210 g/mol. The maximum Gasteiger partial charge on any atom is 0.472 e. The van der Waals surface area contributed by atoms with Crippen molar-refractivity contribution in [2.75, 3.05) is 39.6 Å². The predicted octanol–water partition coefficient (Wildman–Crippen LogP) is 17.3. The van der Waals surface area contributed by atoms with Crippen LogP contribution in [0.1, 0.15) is 311 Å². The zero-order chi connectivity index (χ0) is 60.8. The number of unbranched alkanes of at least 4 members (excludes halogenated alkanes) is 32. The van der Waals surface area contributed by atoms with E-state index in [1.54, 1.807) is 0 Å². The number of aliphatic hydroxyl groups excluding tert-OH is 1. The molecule has 0 aromatic carbocycles. The van der Waals surface area contributed by atoms with Crippen molar-refractivity contribution in [2.24, 2.45) is 11.8 Å². The summed E-state index contributed by atoms with van der Waals surface area (Å²) in [5, 5.41) is 10.5. The number of aliphatic hydroxyl groups is 1. The van der Waals surface area contributed by atoms with E-state index in [1.807, 2.05) is 0 Å². The molecule has 0 rings (SSSR count). The minimum Gasteiger partial charge on any atom is -0.462 e. The van der Waals surface area contributed by atoms with E-state index in [2.05, 4.69) is 41.5 Å². The topological polar surface area (TPSA) is 237 Å². The van der Waals surface area contributed by atoms with Gasteiger partial charge in [-0.15, -0.1) is 0 Å². The molecule has 0 heterocycles. The first-order valence-electron chi connectivity index (χ1n) is 33.0. The van der Waals surface area contributed by atoms with E-state index in [0.717, 1.165) is 115 Å². The van der Waals surface area contributed by atoms with Crippen molar-refractivity contribution in [3.05, 3.63) is 0 Å². The molecule has 17 nitrogen and oxygen atoms in total. The highest BCUT2D eigenvalue weighted by molar-refractivity contribution is 7.47. The summed E-state index contributed by atoms with van der Waals surface area (Å²) in [6.07, 6.45) is 38.0. The van der Waals surface area contributed by atoms with Crippen LogP contribution in [0.2, 0.25) is 0 Å². The second kappa shape index (κ2) is 55.6. The van der Waals surface area contributed by atoms with Gasteiger partial charge in [-0.3, -0.25) is 37.3 Å². The molecule has 0 bridgehead atoms. The lowest BCUT2D eigenvalue weighted by molar-refractivity contribution is -0.161. The number of rotatable bonds is 62. The van der Waals surface area contributed by atoms with Gasteiger partial charge in [0.2, 0.25) is 0 Å².